The molecule has 0 saturated carbocycles. The molecule has 0 heterocycles. The molecule has 0 bridgehead atoms. The van der Waals surface area contributed by atoms with Crippen molar-refractivity contribution in [3.63, 3.8) is 0 Å². The second-order valence-corrected chi connectivity index (χ2v) is 5.13. The topological polar surface area (TPSA) is 38.3 Å². The van der Waals surface area contributed by atoms with Gasteiger partial charge in [-0.2, -0.15) is 0 Å². The molecule has 0 aliphatic heterocycles. The molecule has 0 fully saturated rings. The second-order valence-electron chi connectivity index (χ2n) is 5.13. The van der Waals surface area contributed by atoms with Gasteiger partial charge in [0.25, 0.3) is 0 Å². The van der Waals surface area contributed by atoms with Crippen LogP contribution in [0.2, 0.25) is 0 Å². The first-order valence-electron chi connectivity index (χ1n) is 7.20. The first-order chi connectivity index (χ1) is 10.1. The standard InChI is InChI=1S/C18H21NO2/c1-14-9-11-16(12-10-14)21-13-5-8-18(20)19-17-7-4-3-6-15(17)2/h3-4,6-7,9-12H,5,8,13H2,1-2H3,(H,19,20). The molecule has 0 aliphatic rings. The molecule has 2 rings (SSSR count). The fourth-order valence-electron chi connectivity index (χ4n) is 1.98. The molecule has 1 amide bonds. The first kappa shape index (κ1) is 15.1. The zero-order valence-electron chi connectivity index (χ0n) is 12.6. The summed E-state index contributed by atoms with van der Waals surface area (Å²) in [7, 11) is 0. The second kappa shape index (κ2) is 7.48. The lowest BCUT2D eigenvalue weighted by Gasteiger charge is -2.09. The van der Waals surface area contributed by atoms with Gasteiger partial charge in [-0.05, 0) is 44.0 Å². The molecule has 3 nitrogen and oxygen atoms in total. The highest BCUT2D eigenvalue weighted by Gasteiger charge is 2.04. The Kier molecular flexibility index (Phi) is 5.38. The van der Waals surface area contributed by atoms with Gasteiger partial charge in [-0.3, -0.25) is 4.79 Å². The van der Waals surface area contributed by atoms with Crippen molar-refractivity contribution >= 4 is 11.6 Å². The third-order valence-corrected chi connectivity index (χ3v) is 3.26. The highest BCUT2D eigenvalue weighted by molar-refractivity contribution is 5.91. The van der Waals surface area contributed by atoms with Crippen LogP contribution in [0.1, 0.15) is 24.0 Å². The van der Waals surface area contributed by atoms with Crippen LogP contribution in [-0.2, 0) is 4.79 Å². The summed E-state index contributed by atoms with van der Waals surface area (Å²) < 4.78 is 5.61. The highest BCUT2D eigenvalue weighted by Crippen LogP contribution is 2.14. The van der Waals surface area contributed by atoms with Gasteiger partial charge in [-0.15, -0.1) is 0 Å². The van der Waals surface area contributed by atoms with E-state index in [1.165, 1.54) is 5.56 Å². The maximum atomic E-state index is 11.9. The summed E-state index contributed by atoms with van der Waals surface area (Å²) in [4.78, 5) is 11.9. The maximum Gasteiger partial charge on any atom is 0.224 e. The van der Waals surface area contributed by atoms with Crippen LogP contribution >= 0.6 is 0 Å². The molecule has 110 valence electrons. The van der Waals surface area contributed by atoms with Crippen molar-refractivity contribution in [1.82, 2.24) is 0 Å². The molecule has 0 radical (unpaired) electrons. The molecule has 0 spiro atoms. The summed E-state index contributed by atoms with van der Waals surface area (Å²) in [6.45, 7) is 4.57. The molecule has 1 N–H and O–H groups in total. The fourth-order valence-corrected chi connectivity index (χ4v) is 1.98. The van der Waals surface area contributed by atoms with E-state index in [-0.39, 0.29) is 5.91 Å². The minimum Gasteiger partial charge on any atom is -0.494 e. The van der Waals surface area contributed by atoms with E-state index >= 15 is 0 Å². The third-order valence-electron chi connectivity index (χ3n) is 3.26. The number of hydrogen-bond acceptors (Lipinski definition) is 2. The number of carbonyl (C=O) groups is 1. The largest absolute Gasteiger partial charge is 0.494 e. The number of ether oxygens (including phenoxy) is 1. The van der Waals surface area contributed by atoms with Crippen molar-refractivity contribution in [2.75, 3.05) is 11.9 Å². The number of nitrogens with one attached hydrogen (secondary N) is 1. The number of hydrogen-bond donors (Lipinski definition) is 1. The molecule has 21 heavy (non-hydrogen) atoms. The van der Waals surface area contributed by atoms with Crippen molar-refractivity contribution in [3.05, 3.63) is 59.7 Å². The SMILES string of the molecule is Cc1ccc(OCCCC(=O)Nc2ccccc2C)cc1. The number of anilines is 1. The number of carbonyl (C=O) groups excluding carboxylic acids is 1. The minimum absolute atomic E-state index is 0.0248. The van der Waals surface area contributed by atoms with E-state index in [1.54, 1.807) is 0 Å². The van der Waals surface area contributed by atoms with Gasteiger partial charge in [-0.1, -0.05) is 35.9 Å². The van der Waals surface area contributed by atoms with Crippen LogP contribution in [0, 0.1) is 13.8 Å². The van der Waals surface area contributed by atoms with E-state index in [2.05, 4.69) is 5.32 Å². The molecule has 0 aliphatic carbocycles. The van der Waals surface area contributed by atoms with Gasteiger partial charge in [-0.25, -0.2) is 0 Å². The summed E-state index contributed by atoms with van der Waals surface area (Å²) in [5.74, 6) is 0.872. The minimum atomic E-state index is 0.0248. The number of para-hydroxylation sites is 1. The number of amides is 1. The molecule has 0 aromatic heterocycles. The predicted octanol–water partition coefficient (Wildman–Crippen LogP) is 4.10. The predicted molar refractivity (Wildman–Crippen MR) is 85.7 cm³/mol. The number of benzene rings is 2. The molecule has 0 saturated heterocycles. The van der Waals surface area contributed by atoms with Crippen LogP contribution in [0.25, 0.3) is 0 Å². The first-order valence-corrected chi connectivity index (χ1v) is 7.20. The highest BCUT2D eigenvalue weighted by atomic mass is 16.5. The van der Waals surface area contributed by atoms with Crippen molar-refractivity contribution < 1.29 is 9.53 Å². The molecule has 2 aromatic rings. The Morgan fingerprint density at radius 3 is 2.48 bits per heavy atom. The summed E-state index contributed by atoms with van der Waals surface area (Å²) in [6.07, 6.45) is 1.16. The Hall–Kier alpha value is -2.29. The Labute approximate surface area is 126 Å². The van der Waals surface area contributed by atoms with Gasteiger partial charge in [0.1, 0.15) is 5.75 Å². The molecule has 3 heteroatoms. The van der Waals surface area contributed by atoms with Crippen LogP contribution < -0.4 is 10.1 Å². The Balaban J connectivity index is 1.70. The van der Waals surface area contributed by atoms with E-state index in [0.717, 1.165) is 17.0 Å². The lowest BCUT2D eigenvalue weighted by Crippen LogP contribution is -2.13. The van der Waals surface area contributed by atoms with E-state index < -0.39 is 0 Å². The molecular formula is C18H21NO2. The Morgan fingerprint density at radius 1 is 1.05 bits per heavy atom. The van der Waals surface area contributed by atoms with Crippen molar-refractivity contribution in [2.24, 2.45) is 0 Å². The summed E-state index contributed by atoms with van der Waals surface area (Å²) in [6, 6.07) is 15.7. The van der Waals surface area contributed by atoms with Crippen LogP contribution in [0.3, 0.4) is 0 Å². The molecule has 2 aromatic carbocycles. The average molecular weight is 283 g/mol. The molecule has 0 unspecified atom stereocenters. The zero-order valence-corrected chi connectivity index (χ0v) is 12.6. The Morgan fingerprint density at radius 2 is 1.76 bits per heavy atom. The van der Waals surface area contributed by atoms with E-state index in [1.807, 2.05) is 62.4 Å². The van der Waals surface area contributed by atoms with Gasteiger partial charge in [0.2, 0.25) is 5.91 Å². The zero-order chi connectivity index (χ0) is 15.1. The lowest BCUT2D eigenvalue weighted by atomic mass is 10.2. The lowest BCUT2D eigenvalue weighted by molar-refractivity contribution is -0.116. The summed E-state index contributed by atoms with van der Waals surface area (Å²) in [5.41, 5.74) is 3.16. The Bertz CT molecular complexity index is 590. The van der Waals surface area contributed by atoms with E-state index in [4.69, 9.17) is 4.74 Å². The van der Waals surface area contributed by atoms with Crippen molar-refractivity contribution in [3.8, 4) is 5.75 Å². The van der Waals surface area contributed by atoms with Crippen molar-refractivity contribution in [2.45, 2.75) is 26.7 Å². The smallest absolute Gasteiger partial charge is 0.224 e. The summed E-state index contributed by atoms with van der Waals surface area (Å²) >= 11 is 0. The fraction of sp³-hybridized carbons (Fsp3) is 0.278. The van der Waals surface area contributed by atoms with E-state index in [9.17, 15) is 4.79 Å². The van der Waals surface area contributed by atoms with Gasteiger partial charge in [0.05, 0.1) is 6.61 Å². The maximum absolute atomic E-state index is 11.9. The molecular weight excluding hydrogens is 262 g/mol. The van der Waals surface area contributed by atoms with Gasteiger partial charge in [0.15, 0.2) is 0 Å². The van der Waals surface area contributed by atoms with Crippen molar-refractivity contribution in [1.29, 1.82) is 0 Å². The average Bonchev–Trinajstić information content (AvgIpc) is 2.48. The van der Waals surface area contributed by atoms with Crippen LogP contribution in [0.4, 0.5) is 5.69 Å². The summed E-state index contributed by atoms with van der Waals surface area (Å²) in [5, 5.41) is 2.92. The number of rotatable bonds is 6. The van der Waals surface area contributed by atoms with Crippen LogP contribution in [-0.4, -0.2) is 12.5 Å². The van der Waals surface area contributed by atoms with Crippen LogP contribution in [0.15, 0.2) is 48.5 Å². The van der Waals surface area contributed by atoms with Gasteiger partial charge < -0.3 is 10.1 Å². The quantitative estimate of drug-likeness (QED) is 0.810. The van der Waals surface area contributed by atoms with Gasteiger partial charge >= 0.3 is 0 Å². The van der Waals surface area contributed by atoms with Gasteiger partial charge in [0, 0.05) is 12.1 Å². The third kappa shape index (κ3) is 4.95. The molecule has 0 atom stereocenters. The van der Waals surface area contributed by atoms with E-state index in [0.29, 0.717) is 19.4 Å². The van der Waals surface area contributed by atoms with Crippen LogP contribution in [0.5, 0.6) is 5.75 Å². The number of aryl methyl sites for hydroxylation is 2. The monoisotopic (exact) mass is 283 g/mol. The normalized spacial score (nSPS) is 10.2.